The van der Waals surface area contributed by atoms with E-state index in [0.717, 1.165) is 11.5 Å². The monoisotopic (exact) mass is 425 g/mol. The van der Waals surface area contributed by atoms with Gasteiger partial charge < -0.3 is 9.80 Å². The molecule has 0 saturated heterocycles. The van der Waals surface area contributed by atoms with Crippen LogP contribution in [0.4, 0.5) is 34.8 Å². The van der Waals surface area contributed by atoms with Crippen LogP contribution in [0.5, 0.6) is 0 Å². The molecule has 1 unspecified atom stereocenters. The lowest BCUT2D eigenvalue weighted by atomic mass is 9.80. The first-order valence-corrected chi connectivity index (χ1v) is 9.49. The van der Waals surface area contributed by atoms with E-state index in [4.69, 9.17) is 11.6 Å². The van der Waals surface area contributed by atoms with Gasteiger partial charge in [-0.25, -0.2) is 9.37 Å². The second-order valence-electron chi connectivity index (χ2n) is 7.52. The van der Waals surface area contributed by atoms with E-state index in [0.29, 0.717) is 34.8 Å². The number of rotatable bonds is 2. The molecule has 5 nitrogen and oxygen atoms in total. The smallest absolute Gasteiger partial charge is 0.351 e. The normalized spacial score (nSPS) is 24.1. The van der Waals surface area contributed by atoms with Gasteiger partial charge in [0.25, 0.3) is 0 Å². The maximum atomic E-state index is 13.6. The van der Waals surface area contributed by atoms with E-state index in [1.807, 2.05) is 4.90 Å². The number of nitrogens with zero attached hydrogens (tertiary/aromatic N) is 4. The molecule has 0 spiro atoms. The van der Waals surface area contributed by atoms with Crippen LogP contribution in [0.1, 0.15) is 18.5 Å². The highest BCUT2D eigenvalue weighted by atomic mass is 35.5. The first kappa shape index (κ1) is 18.5. The Bertz CT molecular complexity index is 1090. The Kier molecular flexibility index (Phi) is 3.96. The van der Waals surface area contributed by atoms with Crippen LogP contribution in [0.15, 0.2) is 30.5 Å². The molecule has 1 aromatic carbocycles. The average molecular weight is 426 g/mol. The molecule has 2 aromatic heterocycles. The number of alkyl halides is 4. The van der Waals surface area contributed by atoms with Crippen LogP contribution in [0.25, 0.3) is 10.9 Å². The molecule has 3 aromatic rings. The Hall–Kier alpha value is -2.55. The Morgan fingerprint density at radius 2 is 1.97 bits per heavy atom. The molecule has 0 amide bonds. The van der Waals surface area contributed by atoms with Crippen LogP contribution in [0.2, 0.25) is 5.02 Å². The lowest BCUT2D eigenvalue weighted by Gasteiger charge is -2.42. The quantitative estimate of drug-likeness (QED) is 0.566. The molecule has 1 aliphatic carbocycles. The zero-order valence-corrected chi connectivity index (χ0v) is 16.0. The number of halogens is 5. The fourth-order valence-corrected chi connectivity index (χ4v) is 4.53. The van der Waals surface area contributed by atoms with E-state index in [1.165, 1.54) is 6.07 Å². The van der Waals surface area contributed by atoms with E-state index in [2.05, 4.69) is 15.2 Å². The second-order valence-corrected chi connectivity index (χ2v) is 7.93. The predicted octanol–water partition coefficient (Wildman–Crippen LogP) is 5.29. The second kappa shape index (κ2) is 6.22. The first-order valence-electron chi connectivity index (χ1n) is 9.11. The van der Waals surface area contributed by atoms with E-state index in [1.54, 1.807) is 30.3 Å². The molecule has 10 heteroatoms. The third-order valence-corrected chi connectivity index (χ3v) is 6.01. The summed E-state index contributed by atoms with van der Waals surface area (Å²) < 4.78 is 53.6. The van der Waals surface area contributed by atoms with Gasteiger partial charge in [0.15, 0.2) is 5.82 Å². The van der Waals surface area contributed by atoms with Gasteiger partial charge in [-0.3, -0.25) is 5.10 Å². The van der Waals surface area contributed by atoms with Crippen molar-refractivity contribution in [1.82, 2.24) is 15.2 Å². The molecule has 1 atom stereocenters. The van der Waals surface area contributed by atoms with Gasteiger partial charge in [0.2, 0.25) is 0 Å². The van der Waals surface area contributed by atoms with Gasteiger partial charge in [0, 0.05) is 24.0 Å². The Balaban J connectivity index is 1.68. The lowest BCUT2D eigenvalue weighted by molar-refractivity contribution is -0.141. The van der Waals surface area contributed by atoms with Gasteiger partial charge in [0.1, 0.15) is 18.0 Å². The van der Waals surface area contributed by atoms with Crippen molar-refractivity contribution in [2.75, 3.05) is 16.8 Å². The molecule has 0 bridgehead atoms. The molecule has 1 saturated carbocycles. The highest BCUT2D eigenvalue weighted by molar-refractivity contribution is 6.35. The zero-order chi connectivity index (χ0) is 20.5. The first-order chi connectivity index (χ1) is 13.7. The SMILES string of the molecule is CN1c2ccc(C(F)(F)F)nc2N(c2cc(Cl)c3[nH]ncc3c2)C1[C@H]1C[C@H](F)C1. The van der Waals surface area contributed by atoms with Crippen molar-refractivity contribution < 1.29 is 17.6 Å². The summed E-state index contributed by atoms with van der Waals surface area (Å²) in [6.45, 7) is 0. The molecular weight excluding hydrogens is 410 g/mol. The maximum Gasteiger partial charge on any atom is 0.433 e. The highest BCUT2D eigenvalue weighted by Gasteiger charge is 2.47. The standard InChI is InChI=1S/C19H16ClF4N5/c1-28-14-2-3-15(19(22,23)24)26-17(14)29(18(28)9-4-11(21)5-9)12-6-10-8-25-27-16(10)13(20)7-12/h2-3,6-9,11,18H,4-5H2,1H3,(H,25,27)/t9-,11-,18?. The molecule has 2 aliphatic rings. The molecule has 1 aliphatic heterocycles. The van der Waals surface area contributed by atoms with E-state index in [-0.39, 0.29) is 17.9 Å². The third-order valence-electron chi connectivity index (χ3n) is 5.72. The van der Waals surface area contributed by atoms with Gasteiger partial charge >= 0.3 is 6.18 Å². The molecule has 1 fully saturated rings. The Morgan fingerprint density at radius 3 is 2.66 bits per heavy atom. The van der Waals surface area contributed by atoms with Gasteiger partial charge in [-0.15, -0.1) is 0 Å². The van der Waals surface area contributed by atoms with Gasteiger partial charge in [-0.2, -0.15) is 18.3 Å². The number of nitrogens with one attached hydrogen (secondary N) is 1. The summed E-state index contributed by atoms with van der Waals surface area (Å²) in [6.07, 6.45) is -3.50. The molecule has 1 N–H and O–H groups in total. The summed E-state index contributed by atoms with van der Waals surface area (Å²) in [6, 6.07) is 5.86. The lowest BCUT2D eigenvalue weighted by Crippen LogP contribution is -2.50. The number of pyridine rings is 1. The van der Waals surface area contributed by atoms with Crippen molar-refractivity contribution >= 4 is 39.7 Å². The summed E-state index contributed by atoms with van der Waals surface area (Å²) in [5, 5.41) is 7.90. The Labute approximate surface area is 168 Å². The largest absolute Gasteiger partial charge is 0.433 e. The number of fused-ring (bicyclic) bond motifs is 2. The predicted molar refractivity (Wildman–Crippen MR) is 102 cm³/mol. The zero-order valence-electron chi connectivity index (χ0n) is 15.2. The molecule has 152 valence electrons. The molecular formula is C19H16ClF4N5. The number of hydrogen-bond donors (Lipinski definition) is 1. The minimum Gasteiger partial charge on any atom is -0.351 e. The molecule has 0 radical (unpaired) electrons. The van der Waals surface area contributed by atoms with Gasteiger partial charge in [-0.05, 0) is 37.1 Å². The van der Waals surface area contributed by atoms with E-state index < -0.39 is 18.0 Å². The molecule has 5 rings (SSSR count). The van der Waals surface area contributed by atoms with Crippen LogP contribution in [-0.4, -0.2) is 34.6 Å². The van der Waals surface area contributed by atoms with Crippen LogP contribution >= 0.6 is 11.6 Å². The minimum absolute atomic E-state index is 0.0441. The van der Waals surface area contributed by atoms with Gasteiger partial charge in [0.05, 0.1) is 22.4 Å². The van der Waals surface area contributed by atoms with Crippen LogP contribution in [0, 0.1) is 5.92 Å². The fourth-order valence-electron chi connectivity index (χ4n) is 4.26. The van der Waals surface area contributed by atoms with E-state index in [9.17, 15) is 17.6 Å². The number of aromatic amines is 1. The summed E-state index contributed by atoms with van der Waals surface area (Å²) in [5.74, 6) is 0.144. The maximum absolute atomic E-state index is 13.6. The summed E-state index contributed by atoms with van der Waals surface area (Å²) in [4.78, 5) is 7.54. The number of anilines is 3. The van der Waals surface area contributed by atoms with Crippen molar-refractivity contribution in [3.05, 3.63) is 41.2 Å². The van der Waals surface area contributed by atoms with Crippen molar-refractivity contribution in [2.24, 2.45) is 5.92 Å². The van der Waals surface area contributed by atoms with Crippen molar-refractivity contribution in [1.29, 1.82) is 0 Å². The molecule has 29 heavy (non-hydrogen) atoms. The molecule has 3 heterocycles. The number of aromatic nitrogens is 3. The third kappa shape index (κ3) is 2.82. The number of hydrogen-bond acceptors (Lipinski definition) is 4. The van der Waals surface area contributed by atoms with E-state index >= 15 is 0 Å². The minimum atomic E-state index is -4.57. The number of H-pyrrole nitrogens is 1. The summed E-state index contributed by atoms with van der Waals surface area (Å²) in [5.41, 5.74) is 0.828. The van der Waals surface area contributed by atoms with Crippen molar-refractivity contribution in [3.8, 4) is 0 Å². The van der Waals surface area contributed by atoms with Crippen LogP contribution < -0.4 is 9.80 Å². The average Bonchev–Trinajstić information content (AvgIpc) is 3.21. The summed E-state index contributed by atoms with van der Waals surface area (Å²) >= 11 is 6.38. The summed E-state index contributed by atoms with van der Waals surface area (Å²) in [7, 11) is 1.79. The fraction of sp³-hybridized carbons (Fsp3) is 0.368. The van der Waals surface area contributed by atoms with Crippen LogP contribution in [0.3, 0.4) is 0 Å². The van der Waals surface area contributed by atoms with Gasteiger partial charge in [-0.1, -0.05) is 11.6 Å². The van der Waals surface area contributed by atoms with Crippen molar-refractivity contribution in [2.45, 2.75) is 31.4 Å². The highest BCUT2D eigenvalue weighted by Crippen LogP contribution is 2.50. The van der Waals surface area contributed by atoms with Crippen LogP contribution in [-0.2, 0) is 6.18 Å². The number of benzene rings is 1. The topological polar surface area (TPSA) is 48.1 Å². The Morgan fingerprint density at radius 1 is 1.21 bits per heavy atom. The van der Waals surface area contributed by atoms with Crippen molar-refractivity contribution in [3.63, 3.8) is 0 Å².